The number of hydrogen-bond acceptors (Lipinski definition) is 5. The zero-order valence-corrected chi connectivity index (χ0v) is 25.2. The Morgan fingerprint density at radius 3 is 2.67 bits per heavy atom. The molecule has 4 aliphatic carbocycles. The molecule has 5 nitrogen and oxygen atoms in total. The fourth-order valence-corrected chi connectivity index (χ4v) is 11.1. The van der Waals surface area contributed by atoms with Crippen LogP contribution in [0.25, 0.3) is 0 Å². The van der Waals surface area contributed by atoms with E-state index in [1.54, 1.807) is 7.11 Å². The number of benzene rings is 3. The Kier molecular flexibility index (Phi) is 5.82. The predicted octanol–water partition coefficient (Wildman–Crippen LogP) is 6.94. The van der Waals surface area contributed by atoms with Crippen LogP contribution in [0.3, 0.4) is 0 Å². The molecular formula is C38H41N3O2. The van der Waals surface area contributed by atoms with Gasteiger partial charge in [-0.15, -0.1) is 0 Å². The Morgan fingerprint density at radius 1 is 0.977 bits per heavy atom. The number of rotatable bonds is 7. The van der Waals surface area contributed by atoms with Crippen molar-refractivity contribution >= 4 is 0 Å². The van der Waals surface area contributed by atoms with Gasteiger partial charge in [0.25, 0.3) is 0 Å². The van der Waals surface area contributed by atoms with Crippen molar-refractivity contribution in [2.75, 3.05) is 26.7 Å². The highest BCUT2D eigenvalue weighted by Crippen LogP contribution is 2.77. The average Bonchev–Trinajstić information content (AvgIpc) is 3.75. The number of fused-ring (bicyclic) bond motifs is 1. The van der Waals surface area contributed by atoms with Gasteiger partial charge in [0.1, 0.15) is 5.75 Å². The van der Waals surface area contributed by atoms with E-state index in [-0.39, 0.29) is 10.8 Å². The second kappa shape index (κ2) is 9.58. The zero-order chi connectivity index (χ0) is 28.8. The molecule has 2 aliphatic heterocycles. The van der Waals surface area contributed by atoms with E-state index in [9.17, 15) is 5.26 Å². The van der Waals surface area contributed by atoms with Crippen LogP contribution in [0.4, 0.5) is 0 Å². The molecule has 6 aliphatic rings. The molecular weight excluding hydrogens is 530 g/mol. The maximum Gasteiger partial charge on any atom is 0.173 e. The van der Waals surface area contributed by atoms with Crippen molar-refractivity contribution in [3.8, 4) is 23.3 Å². The Hall–Kier alpha value is -3.33. The second-order valence-corrected chi connectivity index (χ2v) is 14.4. The van der Waals surface area contributed by atoms with Crippen molar-refractivity contribution < 1.29 is 9.47 Å². The first-order valence-electron chi connectivity index (χ1n) is 16.5. The summed E-state index contributed by atoms with van der Waals surface area (Å²) in [4.78, 5) is 5.79. The number of nitriles is 1. The number of methoxy groups -OCH3 is 1. The maximum absolute atomic E-state index is 9.62. The van der Waals surface area contributed by atoms with E-state index in [1.165, 1.54) is 74.8 Å². The fourth-order valence-electron chi connectivity index (χ4n) is 11.1. The standard InChI is InChI=1S/C38H41N3O2/c1-42-32-13-12-28-19-33-37-15-14-31-34(29(20-37)24-41(31)23-25-6-3-2-4-7-25)38(37,16-17-40(33)22-26-10-11-26)35(28)36(32)43-30-9-5-8-27(18-30)21-39/h2-9,12-13,18,26,29,31,33-34H,10-11,14-17,19-20,22-24H2,1H3. The van der Waals surface area contributed by atoms with Gasteiger partial charge < -0.3 is 9.47 Å². The quantitative estimate of drug-likeness (QED) is 0.308. The third-order valence-electron chi connectivity index (χ3n) is 12.6. The topological polar surface area (TPSA) is 48.7 Å². The predicted molar refractivity (Wildman–Crippen MR) is 166 cm³/mol. The van der Waals surface area contributed by atoms with Crippen molar-refractivity contribution in [2.24, 2.45) is 23.2 Å². The lowest BCUT2D eigenvalue weighted by Gasteiger charge is -2.66. The molecule has 5 fully saturated rings. The third kappa shape index (κ3) is 3.69. The number of hydrogen-bond donors (Lipinski definition) is 0. The van der Waals surface area contributed by atoms with Crippen molar-refractivity contribution in [3.05, 3.63) is 89.0 Å². The molecule has 6 unspecified atom stereocenters. The molecule has 6 atom stereocenters. The zero-order valence-electron chi connectivity index (χ0n) is 25.2. The van der Waals surface area contributed by atoms with E-state index in [0.29, 0.717) is 29.5 Å². The first kappa shape index (κ1) is 26.1. The number of piperidine rings is 1. The summed E-state index contributed by atoms with van der Waals surface area (Å²) < 4.78 is 13.0. The summed E-state index contributed by atoms with van der Waals surface area (Å²) in [5.74, 6) is 4.72. The highest BCUT2D eigenvalue weighted by Gasteiger charge is 2.76. The van der Waals surface area contributed by atoms with Gasteiger partial charge in [-0.3, -0.25) is 9.80 Å². The summed E-state index contributed by atoms with van der Waals surface area (Å²) in [5, 5.41) is 9.62. The lowest BCUT2D eigenvalue weighted by Crippen LogP contribution is -2.69. The molecule has 2 saturated heterocycles. The van der Waals surface area contributed by atoms with Gasteiger partial charge >= 0.3 is 0 Å². The highest BCUT2D eigenvalue weighted by atomic mass is 16.5. The van der Waals surface area contributed by atoms with Gasteiger partial charge in [0.2, 0.25) is 0 Å². The molecule has 3 aromatic carbocycles. The van der Waals surface area contributed by atoms with Crippen LogP contribution >= 0.6 is 0 Å². The van der Waals surface area contributed by atoms with Crippen LogP contribution in [0.15, 0.2) is 66.7 Å². The molecule has 0 aromatic heterocycles. The number of nitrogens with zero attached hydrogens (tertiary/aromatic N) is 3. The maximum atomic E-state index is 9.62. The van der Waals surface area contributed by atoms with Crippen molar-refractivity contribution in [1.82, 2.24) is 9.80 Å². The van der Waals surface area contributed by atoms with Crippen molar-refractivity contribution in [3.63, 3.8) is 0 Å². The summed E-state index contributed by atoms with van der Waals surface area (Å²) in [6.45, 7) is 4.74. The normalized spacial score (nSPS) is 33.9. The van der Waals surface area contributed by atoms with Crippen molar-refractivity contribution in [1.29, 1.82) is 5.26 Å². The molecule has 43 heavy (non-hydrogen) atoms. The van der Waals surface area contributed by atoms with Gasteiger partial charge in [-0.25, -0.2) is 0 Å². The minimum absolute atomic E-state index is 0.0844. The molecule has 9 rings (SSSR count). The molecule has 0 spiro atoms. The average molecular weight is 572 g/mol. The monoisotopic (exact) mass is 571 g/mol. The molecule has 2 heterocycles. The molecule has 220 valence electrons. The van der Waals surface area contributed by atoms with Crippen LogP contribution in [0, 0.1) is 34.5 Å². The number of likely N-dealkylation sites (tertiary alicyclic amines) is 2. The molecule has 0 N–H and O–H groups in total. The van der Waals surface area contributed by atoms with Crippen LogP contribution in [0.2, 0.25) is 0 Å². The van der Waals surface area contributed by atoms with Gasteiger partial charge in [0, 0.05) is 42.7 Å². The smallest absolute Gasteiger partial charge is 0.173 e. The summed E-state index contributed by atoms with van der Waals surface area (Å²) in [6.07, 6.45) is 9.10. The highest BCUT2D eigenvalue weighted by molar-refractivity contribution is 5.61. The largest absolute Gasteiger partial charge is 0.493 e. The van der Waals surface area contributed by atoms with E-state index in [2.05, 4.69) is 58.3 Å². The molecule has 4 bridgehead atoms. The summed E-state index contributed by atoms with van der Waals surface area (Å²) in [6, 6.07) is 26.7. The molecule has 5 heteroatoms. The Balaban J connectivity index is 1.20. The minimum atomic E-state index is 0.0844. The lowest BCUT2D eigenvalue weighted by atomic mass is 9.43. The van der Waals surface area contributed by atoms with E-state index < -0.39 is 0 Å². The van der Waals surface area contributed by atoms with Crippen LogP contribution in [-0.4, -0.2) is 48.6 Å². The minimum Gasteiger partial charge on any atom is -0.493 e. The van der Waals surface area contributed by atoms with E-state index in [4.69, 9.17) is 9.47 Å². The van der Waals surface area contributed by atoms with E-state index in [1.807, 2.05) is 24.3 Å². The van der Waals surface area contributed by atoms with Gasteiger partial charge in [0.15, 0.2) is 11.5 Å². The Bertz CT molecular complexity index is 1610. The van der Waals surface area contributed by atoms with Crippen LogP contribution < -0.4 is 9.47 Å². The number of ether oxygens (including phenoxy) is 2. The van der Waals surface area contributed by atoms with Gasteiger partial charge in [-0.05, 0) is 110 Å². The summed E-state index contributed by atoms with van der Waals surface area (Å²) in [5.41, 5.74) is 5.35. The van der Waals surface area contributed by atoms with Crippen LogP contribution in [-0.2, 0) is 18.4 Å². The second-order valence-electron chi connectivity index (χ2n) is 14.4. The molecule has 3 aromatic rings. The Morgan fingerprint density at radius 2 is 1.86 bits per heavy atom. The fraction of sp³-hybridized carbons (Fsp3) is 0.500. The lowest BCUT2D eigenvalue weighted by molar-refractivity contribution is -0.106. The Labute approximate surface area is 255 Å². The SMILES string of the molecule is COc1ccc2c(c1Oc1cccc(C#N)c1)C13CCN(CC4CC4)C(C2)C12CCC1C3C(CN1Cc1ccccc1)C2. The molecule has 0 radical (unpaired) electrons. The van der Waals surface area contributed by atoms with Crippen LogP contribution in [0.1, 0.15) is 60.8 Å². The van der Waals surface area contributed by atoms with Gasteiger partial charge in [0.05, 0.1) is 18.7 Å². The summed E-state index contributed by atoms with van der Waals surface area (Å²) in [7, 11) is 1.78. The molecule has 3 saturated carbocycles. The summed E-state index contributed by atoms with van der Waals surface area (Å²) >= 11 is 0. The van der Waals surface area contributed by atoms with Crippen LogP contribution in [0.5, 0.6) is 17.2 Å². The van der Waals surface area contributed by atoms with Gasteiger partial charge in [-0.1, -0.05) is 42.5 Å². The first-order chi connectivity index (χ1) is 21.1. The first-order valence-corrected chi connectivity index (χ1v) is 16.5. The van der Waals surface area contributed by atoms with E-state index >= 15 is 0 Å². The third-order valence-corrected chi connectivity index (χ3v) is 12.6. The van der Waals surface area contributed by atoms with Crippen molar-refractivity contribution in [2.45, 2.75) is 69.0 Å². The molecule has 0 amide bonds. The van der Waals surface area contributed by atoms with Gasteiger partial charge in [-0.2, -0.15) is 5.26 Å². The van der Waals surface area contributed by atoms with E-state index in [0.717, 1.165) is 36.1 Å².